The number of carbonyl (C=O) groups excluding carboxylic acids is 2. The number of thioether (sulfide) groups is 1. The molecule has 1 atom stereocenters. The molecule has 3 rings (SSSR count). The Labute approximate surface area is 167 Å². The zero-order valence-electron chi connectivity index (χ0n) is 14.9. The molecule has 1 saturated heterocycles. The zero-order chi connectivity index (χ0) is 19.2. The van der Waals surface area contributed by atoms with Crippen LogP contribution in [-0.2, 0) is 9.53 Å². The summed E-state index contributed by atoms with van der Waals surface area (Å²) in [5.41, 5.74) is 0.583. The fourth-order valence-electron chi connectivity index (χ4n) is 2.92. The van der Waals surface area contributed by atoms with Gasteiger partial charge >= 0.3 is 5.97 Å². The second-order valence-corrected chi connectivity index (χ2v) is 7.32. The molecule has 8 heteroatoms. The smallest absolute Gasteiger partial charge is 0.359 e. The molecule has 6 nitrogen and oxygen atoms in total. The summed E-state index contributed by atoms with van der Waals surface area (Å²) in [7, 11) is 0. The topological polar surface area (TPSA) is 72.4 Å². The van der Waals surface area contributed by atoms with Crippen molar-refractivity contribution in [1.29, 1.82) is 0 Å². The van der Waals surface area contributed by atoms with E-state index in [1.54, 1.807) is 23.3 Å². The molecule has 0 saturated carbocycles. The molecule has 2 heterocycles. The third-order valence-electron chi connectivity index (χ3n) is 4.32. The molecule has 0 aliphatic carbocycles. The van der Waals surface area contributed by atoms with Gasteiger partial charge in [0.05, 0.1) is 11.2 Å². The normalized spacial score (nSPS) is 15.3. The number of ether oxygens (including phenoxy) is 1. The SMILES string of the molecule is CSc1ncc(Cl)c(C(=O)OC(C(=O)N2CCCCC2)c2ccccc2)n1. The van der Waals surface area contributed by atoms with Crippen LogP contribution in [0.2, 0.25) is 5.02 Å². The van der Waals surface area contributed by atoms with E-state index in [1.807, 2.05) is 18.2 Å². The summed E-state index contributed by atoms with van der Waals surface area (Å²) < 4.78 is 5.60. The predicted octanol–water partition coefficient (Wildman–Crippen LogP) is 3.76. The lowest BCUT2D eigenvalue weighted by atomic mass is 10.1. The van der Waals surface area contributed by atoms with Gasteiger partial charge in [-0.2, -0.15) is 0 Å². The minimum atomic E-state index is -1.03. The molecule has 0 spiro atoms. The van der Waals surface area contributed by atoms with E-state index in [9.17, 15) is 9.59 Å². The van der Waals surface area contributed by atoms with Crippen molar-refractivity contribution in [2.24, 2.45) is 0 Å². The van der Waals surface area contributed by atoms with Gasteiger partial charge in [-0.25, -0.2) is 14.8 Å². The fourth-order valence-corrected chi connectivity index (χ4v) is 3.43. The predicted molar refractivity (Wildman–Crippen MR) is 104 cm³/mol. The lowest BCUT2D eigenvalue weighted by Crippen LogP contribution is -2.40. The second kappa shape index (κ2) is 9.19. The summed E-state index contributed by atoms with van der Waals surface area (Å²) in [6.07, 6.45) is 5.14. The number of aromatic nitrogens is 2. The number of likely N-dealkylation sites (tertiary alicyclic amines) is 1. The van der Waals surface area contributed by atoms with E-state index >= 15 is 0 Å². The highest BCUT2D eigenvalue weighted by Gasteiger charge is 2.31. The number of piperidine rings is 1. The summed E-state index contributed by atoms with van der Waals surface area (Å²) in [6, 6.07) is 9.01. The zero-order valence-corrected chi connectivity index (χ0v) is 16.5. The standard InChI is InChI=1S/C19H20ClN3O3S/c1-27-19-21-12-14(20)15(22-19)18(25)26-16(13-8-4-2-5-9-13)17(24)23-10-6-3-7-11-23/h2,4-5,8-9,12,16H,3,6-7,10-11H2,1H3. The van der Waals surface area contributed by atoms with E-state index in [0.717, 1.165) is 19.3 Å². The maximum atomic E-state index is 13.1. The highest BCUT2D eigenvalue weighted by atomic mass is 35.5. The lowest BCUT2D eigenvalue weighted by Gasteiger charge is -2.30. The number of carbonyl (C=O) groups is 2. The summed E-state index contributed by atoms with van der Waals surface area (Å²) in [6.45, 7) is 1.34. The number of nitrogens with zero attached hydrogens (tertiary/aromatic N) is 3. The van der Waals surface area contributed by atoms with Crippen molar-refractivity contribution in [2.45, 2.75) is 30.5 Å². The Balaban J connectivity index is 1.87. The first-order chi connectivity index (χ1) is 13.1. The van der Waals surface area contributed by atoms with Gasteiger partial charge < -0.3 is 9.64 Å². The lowest BCUT2D eigenvalue weighted by molar-refractivity contribution is -0.142. The van der Waals surface area contributed by atoms with Crippen molar-refractivity contribution in [2.75, 3.05) is 19.3 Å². The van der Waals surface area contributed by atoms with Crippen LogP contribution in [-0.4, -0.2) is 46.1 Å². The van der Waals surface area contributed by atoms with Crippen LogP contribution < -0.4 is 0 Å². The van der Waals surface area contributed by atoms with E-state index in [-0.39, 0.29) is 16.6 Å². The highest BCUT2D eigenvalue weighted by molar-refractivity contribution is 7.98. The van der Waals surface area contributed by atoms with Gasteiger partial charge in [-0.3, -0.25) is 4.79 Å². The molecule has 0 N–H and O–H groups in total. The van der Waals surface area contributed by atoms with Crippen molar-refractivity contribution >= 4 is 35.2 Å². The molecular weight excluding hydrogens is 386 g/mol. The second-order valence-electron chi connectivity index (χ2n) is 6.14. The summed E-state index contributed by atoms with van der Waals surface area (Å²) in [5, 5.41) is 0.500. The van der Waals surface area contributed by atoms with Gasteiger partial charge in [0.2, 0.25) is 6.10 Å². The molecular formula is C19H20ClN3O3S. The quantitative estimate of drug-likeness (QED) is 0.428. The van der Waals surface area contributed by atoms with Crippen LogP contribution in [0.25, 0.3) is 0 Å². The maximum absolute atomic E-state index is 13.1. The number of hydrogen-bond donors (Lipinski definition) is 0. The van der Waals surface area contributed by atoms with Gasteiger partial charge in [0.1, 0.15) is 0 Å². The van der Waals surface area contributed by atoms with Crippen LogP contribution in [0, 0.1) is 0 Å². The first-order valence-electron chi connectivity index (χ1n) is 8.71. The van der Waals surface area contributed by atoms with Gasteiger partial charge in [-0.15, -0.1) is 0 Å². The Morgan fingerprint density at radius 3 is 2.56 bits per heavy atom. The van der Waals surface area contributed by atoms with Crippen LogP contribution in [0.3, 0.4) is 0 Å². The molecule has 27 heavy (non-hydrogen) atoms. The number of hydrogen-bond acceptors (Lipinski definition) is 6. The van der Waals surface area contributed by atoms with Gasteiger partial charge in [-0.05, 0) is 25.5 Å². The third kappa shape index (κ3) is 4.78. The Morgan fingerprint density at radius 1 is 1.19 bits per heavy atom. The Morgan fingerprint density at radius 2 is 1.89 bits per heavy atom. The van der Waals surface area contributed by atoms with Crippen LogP contribution >= 0.6 is 23.4 Å². The van der Waals surface area contributed by atoms with Crippen LogP contribution in [0.1, 0.15) is 41.4 Å². The Hall–Kier alpha value is -2.12. The van der Waals surface area contributed by atoms with Crippen LogP contribution in [0.5, 0.6) is 0 Å². The van der Waals surface area contributed by atoms with E-state index < -0.39 is 12.1 Å². The van der Waals surface area contributed by atoms with Crippen molar-refractivity contribution in [3.05, 3.63) is 52.8 Å². The molecule has 1 aromatic carbocycles. The molecule has 1 aliphatic heterocycles. The molecule has 0 radical (unpaired) electrons. The van der Waals surface area contributed by atoms with Crippen molar-refractivity contribution in [3.63, 3.8) is 0 Å². The number of halogens is 1. The van der Waals surface area contributed by atoms with E-state index in [2.05, 4.69) is 9.97 Å². The summed E-state index contributed by atoms with van der Waals surface area (Å²) in [4.78, 5) is 35.7. The maximum Gasteiger partial charge on any atom is 0.359 e. The fraction of sp³-hybridized carbons (Fsp3) is 0.368. The number of esters is 1. The highest BCUT2D eigenvalue weighted by Crippen LogP contribution is 2.25. The molecule has 1 amide bonds. The molecule has 2 aromatic rings. The number of rotatable bonds is 5. The largest absolute Gasteiger partial charge is 0.443 e. The molecule has 1 aliphatic rings. The van der Waals surface area contributed by atoms with Crippen LogP contribution in [0.4, 0.5) is 0 Å². The van der Waals surface area contributed by atoms with E-state index in [0.29, 0.717) is 23.8 Å². The van der Waals surface area contributed by atoms with Gasteiger partial charge in [-0.1, -0.05) is 53.7 Å². The molecule has 1 aromatic heterocycles. The van der Waals surface area contributed by atoms with Crippen LogP contribution in [0.15, 0.2) is 41.7 Å². The average Bonchev–Trinajstić information content (AvgIpc) is 2.73. The minimum Gasteiger partial charge on any atom is -0.443 e. The first-order valence-corrected chi connectivity index (χ1v) is 10.3. The molecule has 0 bridgehead atoms. The minimum absolute atomic E-state index is 0.0385. The first kappa shape index (κ1) is 19.6. The third-order valence-corrected chi connectivity index (χ3v) is 5.16. The van der Waals surface area contributed by atoms with Crippen molar-refractivity contribution < 1.29 is 14.3 Å². The summed E-state index contributed by atoms with van der Waals surface area (Å²) >= 11 is 7.36. The summed E-state index contributed by atoms with van der Waals surface area (Å²) in [5.74, 6) is -0.957. The van der Waals surface area contributed by atoms with Gasteiger partial charge in [0.15, 0.2) is 10.9 Å². The number of benzene rings is 1. The molecule has 1 unspecified atom stereocenters. The Kier molecular flexibility index (Phi) is 6.68. The monoisotopic (exact) mass is 405 g/mol. The Bertz CT molecular complexity index is 813. The average molecular weight is 406 g/mol. The number of amides is 1. The van der Waals surface area contributed by atoms with Gasteiger partial charge in [0, 0.05) is 18.7 Å². The van der Waals surface area contributed by atoms with Crippen molar-refractivity contribution in [1.82, 2.24) is 14.9 Å². The van der Waals surface area contributed by atoms with E-state index in [4.69, 9.17) is 16.3 Å². The molecule has 1 fully saturated rings. The van der Waals surface area contributed by atoms with E-state index in [1.165, 1.54) is 18.0 Å². The van der Waals surface area contributed by atoms with Gasteiger partial charge in [0.25, 0.3) is 5.91 Å². The van der Waals surface area contributed by atoms with Crippen molar-refractivity contribution in [3.8, 4) is 0 Å². The molecule has 142 valence electrons.